The maximum Gasteiger partial charge on any atom is 0.248 e. The van der Waals surface area contributed by atoms with Gasteiger partial charge >= 0.3 is 0 Å². The van der Waals surface area contributed by atoms with Gasteiger partial charge in [-0.1, -0.05) is 71.9 Å². The highest BCUT2D eigenvalue weighted by Crippen LogP contribution is 2.38. The molecule has 1 saturated heterocycles. The molecule has 0 aliphatic carbocycles. The lowest BCUT2D eigenvalue weighted by Crippen LogP contribution is -2.32. The number of thioether (sulfide) groups is 1. The largest absolute Gasteiger partial charge is 0.495 e. The predicted octanol–water partition coefficient (Wildman–Crippen LogP) is 4.73. The van der Waals surface area contributed by atoms with Gasteiger partial charge in [0.05, 0.1) is 19.0 Å². The fraction of sp³-hybridized carbons (Fsp3) is 0.120. The van der Waals surface area contributed by atoms with Crippen molar-refractivity contribution in [1.29, 1.82) is 0 Å². The molecule has 1 aliphatic heterocycles. The molecule has 7 nitrogen and oxygen atoms in total. The summed E-state index contributed by atoms with van der Waals surface area (Å²) in [7, 11) is 1.50. The van der Waals surface area contributed by atoms with Crippen molar-refractivity contribution in [1.82, 2.24) is 0 Å². The number of methoxy groups -OCH3 is 1. The summed E-state index contributed by atoms with van der Waals surface area (Å²) in [6, 6.07) is 22.2. The van der Waals surface area contributed by atoms with Crippen LogP contribution in [0.5, 0.6) is 5.75 Å². The number of imide groups is 1. The van der Waals surface area contributed by atoms with Crippen molar-refractivity contribution in [2.45, 2.75) is 11.7 Å². The van der Waals surface area contributed by atoms with Crippen LogP contribution in [0.2, 0.25) is 5.02 Å². The van der Waals surface area contributed by atoms with Crippen LogP contribution in [0.4, 0.5) is 5.69 Å². The van der Waals surface area contributed by atoms with E-state index in [-0.39, 0.29) is 23.4 Å². The Hall–Kier alpha value is -3.62. The van der Waals surface area contributed by atoms with E-state index in [0.717, 1.165) is 33.4 Å². The predicted molar refractivity (Wildman–Crippen MR) is 138 cm³/mol. The molecular weight excluding hydrogens is 472 g/mol. The lowest BCUT2D eigenvalue weighted by molar-refractivity contribution is -0.121. The highest BCUT2D eigenvalue weighted by Gasteiger charge is 2.41. The molecule has 1 aliphatic rings. The van der Waals surface area contributed by atoms with Gasteiger partial charge in [-0.05, 0) is 41.0 Å². The number of anilines is 1. The summed E-state index contributed by atoms with van der Waals surface area (Å²) in [5.74, 6) is -0.275. The standard InChI is InChI=1S/C25H21ClN4O3S/c1-33-21-12-9-18(17-5-3-2-4-6-17)13-20(21)30-23(31)14-22(24(30)32)34-25(27)29-28-15-16-7-10-19(26)11-8-16/h2-13,15,22H,14H2,1H3,(H2,27,29). The fourth-order valence-electron chi connectivity index (χ4n) is 3.49. The number of rotatable bonds is 6. The summed E-state index contributed by atoms with van der Waals surface area (Å²) in [4.78, 5) is 27.2. The Labute approximate surface area is 206 Å². The van der Waals surface area contributed by atoms with Crippen LogP contribution in [0.25, 0.3) is 11.1 Å². The molecule has 0 radical (unpaired) electrons. The van der Waals surface area contributed by atoms with E-state index in [4.69, 9.17) is 22.1 Å². The zero-order valence-electron chi connectivity index (χ0n) is 18.2. The molecule has 4 rings (SSSR count). The maximum absolute atomic E-state index is 13.2. The molecule has 0 aromatic heterocycles. The number of nitrogens with two attached hydrogens (primary N) is 1. The van der Waals surface area contributed by atoms with E-state index < -0.39 is 5.25 Å². The Morgan fingerprint density at radius 1 is 1.09 bits per heavy atom. The molecule has 2 amide bonds. The van der Waals surface area contributed by atoms with E-state index in [1.54, 1.807) is 36.4 Å². The number of carbonyl (C=O) groups is 2. The van der Waals surface area contributed by atoms with Crippen molar-refractivity contribution in [2.75, 3.05) is 12.0 Å². The van der Waals surface area contributed by atoms with E-state index in [9.17, 15) is 9.59 Å². The van der Waals surface area contributed by atoms with Gasteiger partial charge in [0.25, 0.3) is 0 Å². The minimum atomic E-state index is -0.702. The van der Waals surface area contributed by atoms with Crippen LogP contribution in [0.3, 0.4) is 0 Å². The molecule has 1 unspecified atom stereocenters. The lowest BCUT2D eigenvalue weighted by Gasteiger charge is -2.19. The first kappa shape index (κ1) is 23.5. The first-order chi connectivity index (χ1) is 16.5. The third kappa shape index (κ3) is 5.30. The molecule has 1 atom stereocenters. The quantitative estimate of drug-likeness (QED) is 0.232. The Bertz CT molecular complexity index is 1260. The van der Waals surface area contributed by atoms with Gasteiger partial charge in [-0.3, -0.25) is 9.59 Å². The lowest BCUT2D eigenvalue weighted by atomic mass is 10.0. The van der Waals surface area contributed by atoms with Crippen LogP contribution in [-0.4, -0.2) is 35.6 Å². The Balaban J connectivity index is 1.52. The van der Waals surface area contributed by atoms with Crippen molar-refractivity contribution in [3.63, 3.8) is 0 Å². The first-order valence-corrected chi connectivity index (χ1v) is 11.6. The third-order valence-corrected chi connectivity index (χ3v) is 6.36. The van der Waals surface area contributed by atoms with Gasteiger partial charge in [0.15, 0.2) is 5.17 Å². The van der Waals surface area contributed by atoms with Gasteiger partial charge < -0.3 is 10.5 Å². The zero-order chi connectivity index (χ0) is 24.1. The number of amidine groups is 1. The molecule has 3 aromatic carbocycles. The minimum Gasteiger partial charge on any atom is -0.495 e. The van der Waals surface area contributed by atoms with Crippen LogP contribution >= 0.6 is 23.4 Å². The van der Waals surface area contributed by atoms with E-state index in [0.29, 0.717) is 16.5 Å². The molecule has 0 spiro atoms. The number of halogens is 1. The van der Waals surface area contributed by atoms with Crippen LogP contribution in [0, 0.1) is 0 Å². The second kappa shape index (κ2) is 10.5. The Kier molecular flexibility index (Phi) is 7.30. The fourth-order valence-corrected chi connectivity index (χ4v) is 4.44. The molecule has 172 valence electrons. The maximum atomic E-state index is 13.2. The number of hydrogen-bond donors (Lipinski definition) is 1. The normalized spacial score (nSPS) is 16.5. The average molecular weight is 493 g/mol. The highest BCUT2D eigenvalue weighted by molar-refractivity contribution is 8.14. The number of amides is 2. The third-order valence-electron chi connectivity index (χ3n) is 5.13. The first-order valence-electron chi connectivity index (χ1n) is 10.3. The van der Waals surface area contributed by atoms with Crippen molar-refractivity contribution in [3.05, 3.63) is 83.4 Å². The topological polar surface area (TPSA) is 97.3 Å². The van der Waals surface area contributed by atoms with Crippen molar-refractivity contribution < 1.29 is 14.3 Å². The van der Waals surface area contributed by atoms with Gasteiger partial charge in [0.1, 0.15) is 11.0 Å². The van der Waals surface area contributed by atoms with Crippen LogP contribution in [0.15, 0.2) is 83.0 Å². The second-order valence-electron chi connectivity index (χ2n) is 7.37. The van der Waals surface area contributed by atoms with Crippen molar-refractivity contribution in [2.24, 2.45) is 15.9 Å². The summed E-state index contributed by atoms with van der Waals surface area (Å²) in [6.45, 7) is 0. The molecule has 9 heteroatoms. The van der Waals surface area contributed by atoms with Gasteiger partial charge in [0, 0.05) is 11.4 Å². The molecule has 0 bridgehead atoms. The molecule has 2 N–H and O–H groups in total. The minimum absolute atomic E-state index is 0.000657. The Morgan fingerprint density at radius 2 is 1.82 bits per heavy atom. The van der Waals surface area contributed by atoms with Crippen LogP contribution in [0.1, 0.15) is 12.0 Å². The Morgan fingerprint density at radius 3 is 2.53 bits per heavy atom. The monoisotopic (exact) mass is 492 g/mol. The molecule has 1 fully saturated rings. The summed E-state index contributed by atoms with van der Waals surface area (Å²) in [5, 5.41) is 7.89. The molecule has 34 heavy (non-hydrogen) atoms. The van der Waals surface area contributed by atoms with Gasteiger partial charge in [-0.15, -0.1) is 5.10 Å². The van der Waals surface area contributed by atoms with Crippen molar-refractivity contribution >= 4 is 52.2 Å². The number of benzene rings is 3. The van der Waals surface area contributed by atoms with Crippen LogP contribution in [-0.2, 0) is 9.59 Å². The van der Waals surface area contributed by atoms with Gasteiger partial charge in [-0.2, -0.15) is 5.10 Å². The summed E-state index contributed by atoms with van der Waals surface area (Å²) in [5.41, 5.74) is 8.99. The molecule has 1 heterocycles. The summed E-state index contributed by atoms with van der Waals surface area (Å²) < 4.78 is 5.44. The molecule has 0 saturated carbocycles. The van der Waals surface area contributed by atoms with Gasteiger partial charge in [0.2, 0.25) is 11.8 Å². The zero-order valence-corrected chi connectivity index (χ0v) is 19.8. The average Bonchev–Trinajstić information content (AvgIpc) is 3.12. The molecule has 3 aromatic rings. The number of hydrogen-bond acceptors (Lipinski definition) is 6. The molecular formula is C25H21ClN4O3S. The summed E-state index contributed by atoms with van der Waals surface area (Å²) in [6.07, 6.45) is 1.52. The van der Waals surface area contributed by atoms with E-state index in [2.05, 4.69) is 10.2 Å². The van der Waals surface area contributed by atoms with Crippen LogP contribution < -0.4 is 15.4 Å². The summed E-state index contributed by atoms with van der Waals surface area (Å²) >= 11 is 6.87. The van der Waals surface area contributed by atoms with E-state index in [1.807, 2.05) is 36.4 Å². The van der Waals surface area contributed by atoms with Gasteiger partial charge in [-0.25, -0.2) is 4.90 Å². The smallest absolute Gasteiger partial charge is 0.248 e. The number of carbonyl (C=O) groups excluding carboxylic acids is 2. The van der Waals surface area contributed by atoms with E-state index in [1.165, 1.54) is 13.3 Å². The highest BCUT2D eigenvalue weighted by atomic mass is 35.5. The second-order valence-corrected chi connectivity index (χ2v) is 9.02. The SMILES string of the molecule is COc1ccc(-c2ccccc2)cc1N1C(=O)CC(SC(N)=NN=Cc2ccc(Cl)cc2)C1=O. The van der Waals surface area contributed by atoms with Crippen molar-refractivity contribution in [3.8, 4) is 16.9 Å². The van der Waals surface area contributed by atoms with E-state index >= 15 is 0 Å². The number of nitrogens with zero attached hydrogens (tertiary/aromatic N) is 3. The number of ether oxygens (including phenoxy) is 1.